The van der Waals surface area contributed by atoms with E-state index in [1.54, 1.807) is 24.3 Å². The summed E-state index contributed by atoms with van der Waals surface area (Å²) in [5.41, 5.74) is 1.59. The Morgan fingerprint density at radius 1 is 0.972 bits per heavy atom. The summed E-state index contributed by atoms with van der Waals surface area (Å²) >= 11 is 12.3. The zero-order chi connectivity index (χ0) is 26.1. The number of hydrogen-bond donors (Lipinski definition) is 1. The smallest absolute Gasteiger partial charge is 0.261 e. The largest absolute Gasteiger partial charge is 0.481 e. The van der Waals surface area contributed by atoms with Crippen molar-refractivity contribution >= 4 is 35.0 Å². The van der Waals surface area contributed by atoms with Gasteiger partial charge in [0.25, 0.3) is 5.91 Å². The number of amides is 2. The molecule has 3 aromatic rings. The second kappa shape index (κ2) is 13.3. The lowest BCUT2D eigenvalue weighted by Crippen LogP contribution is -2.53. The first-order chi connectivity index (χ1) is 17.3. The van der Waals surface area contributed by atoms with Gasteiger partial charge in [0.2, 0.25) is 5.91 Å². The van der Waals surface area contributed by atoms with Gasteiger partial charge in [-0.05, 0) is 48.7 Å². The fourth-order valence-corrected chi connectivity index (χ4v) is 3.93. The lowest BCUT2D eigenvalue weighted by atomic mass is 10.0. The van der Waals surface area contributed by atoms with Gasteiger partial charge in [0.15, 0.2) is 18.2 Å². The summed E-state index contributed by atoms with van der Waals surface area (Å²) in [6.45, 7) is 3.52. The summed E-state index contributed by atoms with van der Waals surface area (Å²) in [4.78, 5) is 28.4. The van der Waals surface area contributed by atoms with Gasteiger partial charge in [-0.1, -0.05) is 78.7 Å². The molecular formula is C28H29Cl2FN2O3. The van der Waals surface area contributed by atoms with Crippen LogP contribution in [0.3, 0.4) is 0 Å². The van der Waals surface area contributed by atoms with Crippen LogP contribution < -0.4 is 10.1 Å². The maximum absolute atomic E-state index is 14.1. The Bertz CT molecular complexity index is 1180. The molecule has 0 bridgehead atoms. The van der Waals surface area contributed by atoms with Gasteiger partial charge in [-0.2, -0.15) is 0 Å². The third-order valence-corrected chi connectivity index (χ3v) is 6.54. The second-order valence-corrected chi connectivity index (χ2v) is 9.33. The van der Waals surface area contributed by atoms with Gasteiger partial charge in [-0.3, -0.25) is 9.59 Å². The summed E-state index contributed by atoms with van der Waals surface area (Å²) < 4.78 is 19.6. The van der Waals surface area contributed by atoms with Crippen LogP contribution in [0.25, 0.3) is 0 Å². The zero-order valence-corrected chi connectivity index (χ0v) is 21.7. The Morgan fingerprint density at radius 2 is 1.67 bits per heavy atom. The van der Waals surface area contributed by atoms with E-state index in [1.165, 1.54) is 23.1 Å². The number of nitrogens with one attached hydrogen (secondary N) is 1. The van der Waals surface area contributed by atoms with Crippen molar-refractivity contribution in [2.75, 3.05) is 6.61 Å². The maximum atomic E-state index is 14.1. The molecule has 0 aromatic heterocycles. The van der Waals surface area contributed by atoms with E-state index in [0.717, 1.165) is 12.0 Å². The predicted octanol–water partition coefficient (Wildman–Crippen LogP) is 6.07. The zero-order valence-electron chi connectivity index (χ0n) is 20.2. The molecule has 3 rings (SSSR count). The van der Waals surface area contributed by atoms with Crippen LogP contribution in [0.4, 0.5) is 4.39 Å². The number of halogens is 3. The van der Waals surface area contributed by atoms with E-state index >= 15 is 0 Å². The first-order valence-corrected chi connectivity index (χ1v) is 12.5. The van der Waals surface area contributed by atoms with E-state index < -0.39 is 24.4 Å². The summed E-state index contributed by atoms with van der Waals surface area (Å²) in [6, 6.07) is 19.4. The van der Waals surface area contributed by atoms with Crippen molar-refractivity contribution in [2.24, 2.45) is 0 Å². The van der Waals surface area contributed by atoms with Gasteiger partial charge in [-0.25, -0.2) is 4.39 Å². The monoisotopic (exact) mass is 530 g/mol. The SMILES string of the molecule is CC[C@@H](C)NC(=O)[C@@H](Cc1ccccc1)N(Cc1ccc(Cl)c(Cl)c1)C(=O)COc1ccccc1F. The molecule has 0 radical (unpaired) electrons. The number of nitrogens with zero attached hydrogens (tertiary/aromatic N) is 1. The highest BCUT2D eigenvalue weighted by atomic mass is 35.5. The molecule has 1 N–H and O–H groups in total. The third-order valence-electron chi connectivity index (χ3n) is 5.80. The molecule has 190 valence electrons. The Labute approximate surface area is 221 Å². The molecule has 0 saturated heterocycles. The van der Waals surface area contributed by atoms with Gasteiger partial charge < -0.3 is 15.0 Å². The molecule has 0 unspecified atom stereocenters. The van der Waals surface area contributed by atoms with Gasteiger partial charge in [0, 0.05) is 19.0 Å². The summed E-state index contributed by atoms with van der Waals surface area (Å²) in [7, 11) is 0. The fraction of sp³-hybridized carbons (Fsp3) is 0.286. The van der Waals surface area contributed by atoms with E-state index in [2.05, 4.69) is 5.32 Å². The van der Waals surface area contributed by atoms with Gasteiger partial charge in [0.1, 0.15) is 6.04 Å². The highest BCUT2D eigenvalue weighted by Crippen LogP contribution is 2.24. The normalized spacial score (nSPS) is 12.5. The predicted molar refractivity (Wildman–Crippen MR) is 141 cm³/mol. The Balaban J connectivity index is 1.94. The number of carbonyl (C=O) groups excluding carboxylic acids is 2. The number of carbonyl (C=O) groups is 2. The van der Waals surface area contributed by atoms with Crippen molar-refractivity contribution < 1.29 is 18.7 Å². The van der Waals surface area contributed by atoms with E-state index in [0.29, 0.717) is 15.6 Å². The van der Waals surface area contributed by atoms with Crippen LogP contribution in [0.1, 0.15) is 31.4 Å². The number of para-hydroxylation sites is 1. The van der Waals surface area contributed by atoms with Gasteiger partial charge in [0.05, 0.1) is 10.0 Å². The molecule has 2 atom stereocenters. The van der Waals surface area contributed by atoms with Crippen molar-refractivity contribution in [3.05, 3.63) is 99.8 Å². The lowest BCUT2D eigenvalue weighted by molar-refractivity contribution is -0.143. The number of rotatable bonds is 11. The minimum atomic E-state index is -0.840. The van der Waals surface area contributed by atoms with Crippen molar-refractivity contribution in [3.63, 3.8) is 0 Å². The molecule has 0 saturated carbocycles. The topological polar surface area (TPSA) is 58.6 Å². The second-order valence-electron chi connectivity index (χ2n) is 8.51. The highest BCUT2D eigenvalue weighted by molar-refractivity contribution is 6.42. The number of benzene rings is 3. The van der Waals surface area contributed by atoms with Crippen molar-refractivity contribution in [3.8, 4) is 5.75 Å². The average Bonchev–Trinajstić information content (AvgIpc) is 2.88. The van der Waals surface area contributed by atoms with Crippen LogP contribution in [-0.4, -0.2) is 35.4 Å². The summed E-state index contributed by atoms with van der Waals surface area (Å²) in [6.07, 6.45) is 1.02. The number of ether oxygens (including phenoxy) is 1. The molecule has 8 heteroatoms. The van der Waals surface area contributed by atoms with Crippen LogP contribution in [-0.2, 0) is 22.6 Å². The number of hydrogen-bond acceptors (Lipinski definition) is 3. The van der Waals surface area contributed by atoms with Crippen LogP contribution >= 0.6 is 23.2 Å². The molecule has 2 amide bonds. The van der Waals surface area contributed by atoms with Crippen LogP contribution in [0, 0.1) is 5.82 Å². The first kappa shape index (κ1) is 27.5. The van der Waals surface area contributed by atoms with Crippen LogP contribution in [0.2, 0.25) is 10.0 Å². The molecule has 0 aliphatic heterocycles. The Kier molecular flexibility index (Phi) is 10.1. The molecule has 3 aromatic carbocycles. The third kappa shape index (κ3) is 7.70. The first-order valence-electron chi connectivity index (χ1n) is 11.7. The minimum absolute atomic E-state index is 0.0380. The van der Waals surface area contributed by atoms with Gasteiger partial charge in [-0.15, -0.1) is 0 Å². The van der Waals surface area contributed by atoms with E-state index in [9.17, 15) is 14.0 Å². The fourth-order valence-electron chi connectivity index (χ4n) is 3.61. The minimum Gasteiger partial charge on any atom is -0.481 e. The quantitative estimate of drug-likeness (QED) is 0.327. The molecule has 0 aliphatic rings. The lowest BCUT2D eigenvalue weighted by Gasteiger charge is -2.32. The molecule has 0 heterocycles. The van der Waals surface area contributed by atoms with Crippen molar-refractivity contribution in [1.82, 2.24) is 10.2 Å². The summed E-state index contributed by atoms with van der Waals surface area (Å²) in [5, 5.41) is 3.72. The Morgan fingerprint density at radius 3 is 2.33 bits per heavy atom. The molecule has 0 fully saturated rings. The van der Waals surface area contributed by atoms with E-state index in [4.69, 9.17) is 27.9 Å². The average molecular weight is 531 g/mol. The molecule has 0 aliphatic carbocycles. The highest BCUT2D eigenvalue weighted by Gasteiger charge is 2.31. The van der Waals surface area contributed by atoms with E-state index in [-0.39, 0.29) is 30.7 Å². The van der Waals surface area contributed by atoms with Gasteiger partial charge >= 0.3 is 0 Å². The van der Waals surface area contributed by atoms with Crippen molar-refractivity contribution in [2.45, 2.75) is 45.3 Å². The van der Waals surface area contributed by atoms with Crippen LogP contribution in [0.15, 0.2) is 72.8 Å². The van der Waals surface area contributed by atoms with Crippen LogP contribution in [0.5, 0.6) is 5.75 Å². The van der Waals surface area contributed by atoms with E-state index in [1.807, 2.05) is 44.2 Å². The molecule has 5 nitrogen and oxygen atoms in total. The molecule has 36 heavy (non-hydrogen) atoms. The molecule has 0 spiro atoms. The maximum Gasteiger partial charge on any atom is 0.261 e. The standard InChI is InChI=1S/C28H29Cl2FN2O3/c1-3-19(2)32-28(35)25(16-20-9-5-4-6-10-20)33(17-21-13-14-22(29)23(30)15-21)27(34)18-36-26-12-8-7-11-24(26)31/h4-15,19,25H,3,16-18H2,1-2H3,(H,32,35)/t19-,25-/m1/s1. The summed E-state index contributed by atoms with van der Waals surface area (Å²) in [5.74, 6) is -1.36. The molecular weight excluding hydrogens is 502 g/mol. The van der Waals surface area contributed by atoms with Crippen molar-refractivity contribution in [1.29, 1.82) is 0 Å². The Hall–Kier alpha value is -3.09.